The number of rotatable bonds is 11. The zero-order chi connectivity index (χ0) is 23.8. The molecule has 0 spiro atoms. The van der Waals surface area contributed by atoms with E-state index in [0.717, 1.165) is 37.7 Å². The van der Waals surface area contributed by atoms with E-state index in [2.05, 4.69) is 6.92 Å². The minimum absolute atomic E-state index is 0.122. The average Bonchev–Trinajstić information content (AvgIpc) is 2.81. The highest BCUT2D eigenvalue weighted by Gasteiger charge is 2.30. The predicted octanol–water partition coefficient (Wildman–Crippen LogP) is 10.2. The molecule has 1 saturated carbocycles. The topological polar surface area (TPSA) is 0 Å². The van der Waals surface area contributed by atoms with Gasteiger partial charge in [-0.3, -0.25) is 0 Å². The van der Waals surface area contributed by atoms with E-state index in [4.69, 9.17) is 11.6 Å². The fourth-order valence-corrected chi connectivity index (χ4v) is 10.1. The summed E-state index contributed by atoms with van der Waals surface area (Å²) in [6.07, 6.45) is 12.6. The molecule has 0 radical (unpaired) electrons. The Labute approximate surface area is 204 Å². The molecule has 2 fully saturated rings. The van der Waals surface area contributed by atoms with Crippen molar-refractivity contribution in [1.82, 2.24) is 0 Å². The zero-order valence-corrected chi connectivity index (χ0v) is 22.1. The smallest absolute Gasteiger partial charge is 0.205 e. The van der Waals surface area contributed by atoms with Crippen LogP contribution in [0.3, 0.4) is 0 Å². The lowest BCUT2D eigenvalue weighted by molar-refractivity contribution is 0.143. The monoisotopic (exact) mass is 504 g/mol. The minimum atomic E-state index is -2.98. The molecule has 33 heavy (non-hydrogen) atoms. The van der Waals surface area contributed by atoms with E-state index in [-0.39, 0.29) is 11.5 Å². The van der Waals surface area contributed by atoms with E-state index in [0.29, 0.717) is 5.92 Å². The highest BCUT2D eigenvalue weighted by atomic mass is 35.5. The Bertz CT molecular complexity index is 725. The van der Waals surface area contributed by atoms with Gasteiger partial charge in [-0.25, -0.2) is 17.6 Å². The maximum atomic E-state index is 14.2. The van der Waals surface area contributed by atoms with E-state index in [9.17, 15) is 17.6 Å². The van der Waals surface area contributed by atoms with E-state index in [1.165, 1.54) is 57.8 Å². The second-order valence-electron chi connectivity index (χ2n) is 10.7. The first-order valence-corrected chi connectivity index (χ1v) is 16.2. The Kier molecular flexibility index (Phi) is 11.1. The molecule has 0 bridgehead atoms. The first-order chi connectivity index (χ1) is 15.9. The lowest BCUT2D eigenvalue weighted by Gasteiger charge is -2.31. The highest BCUT2D eigenvalue weighted by Crippen LogP contribution is 2.43. The van der Waals surface area contributed by atoms with Crippen molar-refractivity contribution in [2.75, 3.05) is 0 Å². The minimum Gasteiger partial charge on any atom is -0.205 e. The van der Waals surface area contributed by atoms with Gasteiger partial charge in [0.05, 0.1) is 5.56 Å². The van der Waals surface area contributed by atoms with Crippen LogP contribution in [0, 0.1) is 23.5 Å². The van der Waals surface area contributed by atoms with Gasteiger partial charge in [0.25, 0.3) is 6.43 Å². The molecule has 6 heteroatoms. The molecule has 0 amide bonds. The molecule has 0 atom stereocenters. The van der Waals surface area contributed by atoms with Crippen molar-refractivity contribution in [1.29, 1.82) is 0 Å². The average molecular weight is 505 g/mol. The van der Waals surface area contributed by atoms with E-state index >= 15 is 0 Å². The van der Waals surface area contributed by atoms with Gasteiger partial charge in [-0.15, -0.1) is 0 Å². The Morgan fingerprint density at radius 2 is 1.52 bits per heavy atom. The molecular formula is C27H41ClF4Si. The van der Waals surface area contributed by atoms with Gasteiger partial charge in [-0.2, -0.15) is 0 Å². The van der Waals surface area contributed by atoms with Crippen molar-refractivity contribution in [3.63, 3.8) is 0 Å². The number of halogens is 5. The summed E-state index contributed by atoms with van der Waals surface area (Å²) in [5.74, 6) is -0.879. The molecule has 188 valence electrons. The molecule has 0 N–H and O–H groups in total. The number of hydrogen-bond donors (Lipinski definition) is 0. The molecule has 1 heterocycles. The second kappa shape index (κ2) is 13.5. The summed E-state index contributed by atoms with van der Waals surface area (Å²) in [7, 11) is -0.414. The van der Waals surface area contributed by atoms with Gasteiger partial charge in [-0.05, 0) is 55.1 Å². The largest absolute Gasteiger partial charge is 0.267 e. The summed E-state index contributed by atoms with van der Waals surface area (Å²) < 4.78 is 55.1. The van der Waals surface area contributed by atoms with Crippen LogP contribution in [0.25, 0.3) is 0 Å². The summed E-state index contributed by atoms with van der Waals surface area (Å²) in [6, 6.07) is 5.73. The van der Waals surface area contributed by atoms with Crippen LogP contribution in [0.4, 0.5) is 17.6 Å². The van der Waals surface area contributed by atoms with Crippen LogP contribution in [0.5, 0.6) is 0 Å². The molecule has 3 rings (SSSR count). The normalized spacial score (nSPS) is 26.2. The lowest BCUT2D eigenvalue weighted by atomic mass is 9.75. The standard InChI is InChI=1S/C27H41ClF4Si/c1-2-3-6-15-33-16-13-20(14-17-33)8-5-4-7-19-9-11-21(12-10-19)22-18-23(29)25(28)26(30)24(22)27(31)32/h18-21,27,33H,2-17H2,1H3/t19-,20-,21-,33-. The van der Waals surface area contributed by atoms with Crippen LogP contribution in [0.1, 0.15) is 114 Å². The van der Waals surface area contributed by atoms with E-state index in [1.807, 2.05) is 0 Å². The summed E-state index contributed by atoms with van der Waals surface area (Å²) >= 11 is 5.54. The van der Waals surface area contributed by atoms with Gasteiger partial charge in [0, 0.05) is 8.80 Å². The van der Waals surface area contributed by atoms with Crippen LogP contribution < -0.4 is 0 Å². The number of alkyl halides is 2. The van der Waals surface area contributed by atoms with Crippen molar-refractivity contribution >= 4 is 20.4 Å². The summed E-state index contributed by atoms with van der Waals surface area (Å²) in [6.45, 7) is 2.29. The Hall–Kier alpha value is -0.553. The number of benzene rings is 1. The van der Waals surface area contributed by atoms with Gasteiger partial charge >= 0.3 is 0 Å². The zero-order valence-electron chi connectivity index (χ0n) is 20.2. The van der Waals surface area contributed by atoms with Gasteiger partial charge in [0.15, 0.2) is 5.82 Å². The van der Waals surface area contributed by atoms with E-state index < -0.39 is 37.4 Å². The first-order valence-electron chi connectivity index (χ1n) is 13.4. The van der Waals surface area contributed by atoms with Gasteiger partial charge in [0.1, 0.15) is 10.8 Å². The fourth-order valence-electron chi connectivity index (χ4n) is 6.31. The van der Waals surface area contributed by atoms with Crippen LogP contribution in [-0.4, -0.2) is 8.80 Å². The van der Waals surface area contributed by atoms with Gasteiger partial charge in [0.2, 0.25) is 0 Å². The fraction of sp³-hybridized carbons (Fsp3) is 0.778. The van der Waals surface area contributed by atoms with Crippen molar-refractivity contribution in [3.8, 4) is 0 Å². The first kappa shape index (κ1) is 27.0. The van der Waals surface area contributed by atoms with Crippen LogP contribution in [-0.2, 0) is 0 Å². The number of unbranched alkanes of at least 4 members (excludes halogenated alkanes) is 3. The SMILES string of the molecule is CCCCC[Si@H]1CC[C@H](CCCC[C@H]2CC[C@H](c3cc(F)c(Cl)c(F)c3C(F)F)CC2)CC1. The molecule has 1 aliphatic heterocycles. The summed E-state index contributed by atoms with van der Waals surface area (Å²) in [5, 5.41) is -0.824. The van der Waals surface area contributed by atoms with Crippen LogP contribution in [0.2, 0.25) is 23.2 Å². The maximum absolute atomic E-state index is 14.2. The molecule has 1 aromatic carbocycles. The van der Waals surface area contributed by atoms with Crippen molar-refractivity contribution < 1.29 is 17.6 Å². The van der Waals surface area contributed by atoms with E-state index in [1.54, 1.807) is 18.1 Å². The molecule has 1 aliphatic carbocycles. The van der Waals surface area contributed by atoms with Crippen molar-refractivity contribution in [3.05, 3.63) is 33.9 Å². The maximum Gasteiger partial charge on any atom is 0.267 e. The highest BCUT2D eigenvalue weighted by molar-refractivity contribution is 6.58. The third kappa shape index (κ3) is 7.72. The molecule has 0 nitrogen and oxygen atoms in total. The quantitative estimate of drug-likeness (QED) is 0.122. The lowest BCUT2D eigenvalue weighted by Crippen LogP contribution is -2.21. The molecule has 0 unspecified atom stereocenters. The second-order valence-corrected chi connectivity index (χ2v) is 14.5. The Morgan fingerprint density at radius 1 is 0.909 bits per heavy atom. The van der Waals surface area contributed by atoms with Gasteiger partial charge < -0.3 is 0 Å². The van der Waals surface area contributed by atoms with Crippen molar-refractivity contribution in [2.45, 2.75) is 121 Å². The Balaban J connectivity index is 1.36. The third-order valence-electron chi connectivity index (χ3n) is 8.39. The summed E-state index contributed by atoms with van der Waals surface area (Å²) in [5.41, 5.74) is -0.579. The van der Waals surface area contributed by atoms with Gasteiger partial charge in [-0.1, -0.05) is 94.4 Å². The molecular weight excluding hydrogens is 464 g/mol. The van der Waals surface area contributed by atoms with Crippen LogP contribution >= 0.6 is 11.6 Å². The predicted molar refractivity (Wildman–Crippen MR) is 133 cm³/mol. The van der Waals surface area contributed by atoms with Crippen LogP contribution in [0.15, 0.2) is 6.07 Å². The third-order valence-corrected chi connectivity index (χ3v) is 12.3. The molecule has 0 aromatic heterocycles. The molecule has 2 aliphatic rings. The Morgan fingerprint density at radius 3 is 2.09 bits per heavy atom. The molecule has 1 saturated heterocycles. The molecule has 1 aromatic rings. The number of hydrogen-bond acceptors (Lipinski definition) is 0. The summed E-state index contributed by atoms with van der Waals surface area (Å²) in [4.78, 5) is 0. The van der Waals surface area contributed by atoms with Crippen molar-refractivity contribution in [2.24, 2.45) is 11.8 Å².